The molecule has 1 aromatic rings. The van der Waals surface area contributed by atoms with E-state index in [2.05, 4.69) is 4.72 Å². The number of hydrogen-bond acceptors (Lipinski definition) is 4. The summed E-state index contributed by atoms with van der Waals surface area (Å²) in [5.41, 5.74) is 7.21. The van der Waals surface area contributed by atoms with Gasteiger partial charge in [0, 0.05) is 19.8 Å². The van der Waals surface area contributed by atoms with Crippen molar-refractivity contribution >= 4 is 21.6 Å². The van der Waals surface area contributed by atoms with Crippen LogP contribution >= 0.6 is 0 Å². The Bertz CT molecular complexity index is 594. The molecule has 1 rings (SSSR count). The number of sulfonamides is 1. The second-order valence-electron chi connectivity index (χ2n) is 4.54. The molecule has 0 atom stereocenters. The lowest BCUT2D eigenvalue weighted by atomic mass is 10.1. The van der Waals surface area contributed by atoms with E-state index in [9.17, 15) is 13.2 Å². The fourth-order valence-electron chi connectivity index (χ4n) is 1.64. The van der Waals surface area contributed by atoms with E-state index in [1.165, 1.54) is 4.90 Å². The molecule has 7 heteroatoms. The number of likely N-dealkylation sites (N-methyl/N-ethyl adjacent to an activating group) is 1. The second-order valence-corrected chi connectivity index (χ2v) is 6.24. The molecule has 1 aromatic carbocycles. The van der Waals surface area contributed by atoms with E-state index in [0.29, 0.717) is 16.8 Å². The molecule has 0 unspecified atom stereocenters. The smallest absolute Gasteiger partial charge is 0.241 e. The van der Waals surface area contributed by atoms with Crippen LogP contribution in [-0.4, -0.2) is 39.9 Å². The number of amides is 1. The summed E-state index contributed by atoms with van der Waals surface area (Å²) in [5.74, 6) is -0.317. The summed E-state index contributed by atoms with van der Waals surface area (Å²) in [6.45, 7) is 3.06. The predicted molar refractivity (Wildman–Crippen MR) is 74.2 cm³/mol. The van der Waals surface area contributed by atoms with Crippen molar-refractivity contribution < 1.29 is 13.2 Å². The molecule has 0 heterocycles. The maximum atomic E-state index is 12.2. The van der Waals surface area contributed by atoms with Crippen molar-refractivity contribution in [1.29, 1.82) is 0 Å². The summed E-state index contributed by atoms with van der Waals surface area (Å²) >= 11 is 0. The minimum absolute atomic E-state index is 0.138. The van der Waals surface area contributed by atoms with Gasteiger partial charge in [-0.2, -0.15) is 0 Å². The highest BCUT2D eigenvalue weighted by Crippen LogP contribution is 2.24. The molecule has 0 aliphatic rings. The normalized spacial score (nSPS) is 11.4. The van der Waals surface area contributed by atoms with Crippen molar-refractivity contribution in [3.63, 3.8) is 0 Å². The van der Waals surface area contributed by atoms with Gasteiger partial charge in [-0.25, -0.2) is 13.1 Å². The van der Waals surface area contributed by atoms with Crippen LogP contribution in [0.5, 0.6) is 0 Å². The number of anilines is 1. The number of aryl methyl sites for hydroxylation is 1. The Balaban J connectivity index is 3.08. The number of nitrogens with zero attached hydrogens (tertiary/aromatic N) is 1. The molecular formula is C12H19N3O3S. The molecule has 0 aliphatic heterocycles. The van der Waals surface area contributed by atoms with Gasteiger partial charge < -0.3 is 10.6 Å². The van der Waals surface area contributed by atoms with Gasteiger partial charge in [0.25, 0.3) is 0 Å². The standard InChI is InChI=1S/C12H19N3O3S/c1-8-5-6-10(13)9(2)12(8)19(17,18)14-7-11(16)15(3)4/h5-6,14H,7,13H2,1-4H3. The highest BCUT2D eigenvalue weighted by atomic mass is 32.2. The zero-order chi connectivity index (χ0) is 14.8. The lowest BCUT2D eigenvalue weighted by Crippen LogP contribution is -2.36. The predicted octanol–water partition coefficient (Wildman–Crippen LogP) is 0.252. The van der Waals surface area contributed by atoms with Gasteiger partial charge in [-0.15, -0.1) is 0 Å². The maximum absolute atomic E-state index is 12.2. The van der Waals surface area contributed by atoms with Crippen molar-refractivity contribution in [2.75, 3.05) is 26.4 Å². The lowest BCUT2D eigenvalue weighted by Gasteiger charge is -2.15. The Labute approximate surface area is 113 Å². The third kappa shape index (κ3) is 3.45. The van der Waals surface area contributed by atoms with Crippen LogP contribution in [-0.2, 0) is 14.8 Å². The third-order valence-corrected chi connectivity index (χ3v) is 4.52. The first-order chi connectivity index (χ1) is 8.66. The molecule has 6 nitrogen and oxygen atoms in total. The SMILES string of the molecule is Cc1ccc(N)c(C)c1S(=O)(=O)NCC(=O)N(C)C. The molecule has 0 radical (unpaired) electrons. The molecular weight excluding hydrogens is 266 g/mol. The highest BCUT2D eigenvalue weighted by Gasteiger charge is 2.21. The first-order valence-corrected chi connectivity index (χ1v) is 7.20. The topological polar surface area (TPSA) is 92.5 Å². The van der Waals surface area contributed by atoms with E-state index in [1.54, 1.807) is 40.1 Å². The first-order valence-electron chi connectivity index (χ1n) is 5.72. The van der Waals surface area contributed by atoms with Gasteiger partial charge in [0.15, 0.2) is 0 Å². The van der Waals surface area contributed by atoms with E-state index in [-0.39, 0.29) is 17.3 Å². The van der Waals surface area contributed by atoms with E-state index >= 15 is 0 Å². The number of rotatable bonds is 4. The van der Waals surface area contributed by atoms with Crippen LogP contribution in [0.15, 0.2) is 17.0 Å². The third-order valence-electron chi connectivity index (χ3n) is 2.83. The summed E-state index contributed by atoms with van der Waals surface area (Å²) in [7, 11) is -0.624. The van der Waals surface area contributed by atoms with Crippen LogP contribution < -0.4 is 10.5 Å². The summed E-state index contributed by atoms with van der Waals surface area (Å²) in [6.07, 6.45) is 0. The summed E-state index contributed by atoms with van der Waals surface area (Å²) in [5, 5.41) is 0. The Morgan fingerprint density at radius 3 is 2.42 bits per heavy atom. The number of benzene rings is 1. The summed E-state index contributed by atoms with van der Waals surface area (Å²) < 4.78 is 26.7. The molecule has 19 heavy (non-hydrogen) atoms. The van der Waals surface area contributed by atoms with Gasteiger partial charge in [-0.1, -0.05) is 6.07 Å². The van der Waals surface area contributed by atoms with Crippen molar-refractivity contribution in [3.8, 4) is 0 Å². The van der Waals surface area contributed by atoms with Crippen molar-refractivity contribution in [3.05, 3.63) is 23.3 Å². The quantitative estimate of drug-likeness (QED) is 0.776. The lowest BCUT2D eigenvalue weighted by molar-refractivity contribution is -0.127. The van der Waals surface area contributed by atoms with Gasteiger partial charge in [0.1, 0.15) is 0 Å². The van der Waals surface area contributed by atoms with Gasteiger partial charge in [-0.3, -0.25) is 4.79 Å². The van der Waals surface area contributed by atoms with E-state index < -0.39 is 10.0 Å². The largest absolute Gasteiger partial charge is 0.398 e. The number of nitrogen functional groups attached to an aromatic ring is 1. The average Bonchev–Trinajstić information content (AvgIpc) is 2.31. The maximum Gasteiger partial charge on any atom is 0.241 e. The number of carbonyl (C=O) groups excluding carboxylic acids is 1. The van der Waals surface area contributed by atoms with Crippen LogP contribution in [0.1, 0.15) is 11.1 Å². The molecule has 0 saturated heterocycles. The van der Waals surface area contributed by atoms with Gasteiger partial charge in [0.2, 0.25) is 15.9 Å². The van der Waals surface area contributed by atoms with Crippen molar-refractivity contribution in [1.82, 2.24) is 9.62 Å². The molecule has 0 spiro atoms. The fraction of sp³-hybridized carbons (Fsp3) is 0.417. The fourth-order valence-corrected chi connectivity index (χ4v) is 3.11. The Kier molecular flexibility index (Phi) is 4.54. The van der Waals surface area contributed by atoms with Gasteiger partial charge in [0.05, 0.1) is 11.4 Å². The summed E-state index contributed by atoms with van der Waals surface area (Å²) in [6, 6.07) is 3.30. The van der Waals surface area contributed by atoms with Crippen LogP contribution in [0, 0.1) is 13.8 Å². The summed E-state index contributed by atoms with van der Waals surface area (Å²) in [4.78, 5) is 12.9. The molecule has 0 saturated carbocycles. The highest BCUT2D eigenvalue weighted by molar-refractivity contribution is 7.89. The van der Waals surface area contributed by atoms with Crippen LogP contribution in [0.25, 0.3) is 0 Å². The number of hydrogen-bond donors (Lipinski definition) is 2. The molecule has 0 fully saturated rings. The zero-order valence-corrected chi connectivity index (χ0v) is 12.3. The zero-order valence-electron chi connectivity index (χ0n) is 11.5. The van der Waals surface area contributed by atoms with Crippen molar-refractivity contribution in [2.24, 2.45) is 0 Å². The number of nitrogens with one attached hydrogen (secondary N) is 1. The van der Waals surface area contributed by atoms with Gasteiger partial charge in [-0.05, 0) is 31.0 Å². The van der Waals surface area contributed by atoms with E-state index in [0.717, 1.165) is 0 Å². The second kappa shape index (κ2) is 5.58. The number of carbonyl (C=O) groups is 1. The minimum atomic E-state index is -3.75. The average molecular weight is 285 g/mol. The molecule has 1 amide bonds. The van der Waals surface area contributed by atoms with E-state index in [4.69, 9.17) is 5.73 Å². The molecule has 0 aliphatic carbocycles. The number of nitrogens with two attached hydrogens (primary N) is 1. The van der Waals surface area contributed by atoms with Crippen molar-refractivity contribution in [2.45, 2.75) is 18.7 Å². The van der Waals surface area contributed by atoms with Crippen LogP contribution in [0.2, 0.25) is 0 Å². The molecule has 3 N–H and O–H groups in total. The molecule has 0 aromatic heterocycles. The Hall–Kier alpha value is -1.60. The van der Waals surface area contributed by atoms with Gasteiger partial charge >= 0.3 is 0 Å². The van der Waals surface area contributed by atoms with E-state index in [1.807, 2.05) is 0 Å². The van der Waals surface area contributed by atoms with Crippen LogP contribution in [0.3, 0.4) is 0 Å². The minimum Gasteiger partial charge on any atom is -0.398 e. The molecule has 106 valence electrons. The Morgan fingerprint density at radius 2 is 1.89 bits per heavy atom. The Morgan fingerprint density at radius 1 is 1.32 bits per heavy atom. The first kappa shape index (κ1) is 15.5. The van der Waals surface area contributed by atoms with Crippen LogP contribution in [0.4, 0.5) is 5.69 Å². The molecule has 0 bridgehead atoms. The monoisotopic (exact) mass is 285 g/mol.